The fraction of sp³-hybridized carbons (Fsp3) is 0.419. The fourth-order valence-electron chi connectivity index (χ4n) is 5.43. The van der Waals surface area contributed by atoms with Gasteiger partial charge in [-0.2, -0.15) is 0 Å². The summed E-state index contributed by atoms with van der Waals surface area (Å²) in [6.45, 7) is 2.24. The summed E-state index contributed by atoms with van der Waals surface area (Å²) in [5.41, 5.74) is 2.40. The molecule has 2 aromatic carbocycles. The van der Waals surface area contributed by atoms with Gasteiger partial charge in [0.05, 0.1) is 37.9 Å². The van der Waals surface area contributed by atoms with Crippen LogP contribution in [-0.4, -0.2) is 59.9 Å². The number of aromatic nitrogens is 1. The van der Waals surface area contributed by atoms with Gasteiger partial charge in [0.15, 0.2) is 0 Å². The molecule has 7 nitrogen and oxygen atoms in total. The number of ether oxygens (including phenoxy) is 2. The molecule has 0 amide bonds. The van der Waals surface area contributed by atoms with Crippen molar-refractivity contribution in [3.63, 3.8) is 0 Å². The van der Waals surface area contributed by atoms with Crippen LogP contribution in [0.4, 0.5) is 0 Å². The lowest BCUT2D eigenvalue weighted by Gasteiger charge is -2.38. The summed E-state index contributed by atoms with van der Waals surface area (Å²) in [5.74, 6) is 7.58. The lowest BCUT2D eigenvalue weighted by Crippen LogP contribution is -2.41. The average molecular weight is 551 g/mol. The van der Waals surface area contributed by atoms with Gasteiger partial charge in [0.25, 0.3) is 0 Å². The van der Waals surface area contributed by atoms with E-state index in [0.717, 1.165) is 53.7 Å². The number of rotatable bonds is 10. The van der Waals surface area contributed by atoms with E-state index in [1.165, 1.54) is 0 Å². The van der Waals surface area contributed by atoms with Gasteiger partial charge in [0, 0.05) is 29.6 Å². The topological polar surface area (TPSA) is 92.1 Å². The summed E-state index contributed by atoms with van der Waals surface area (Å²) < 4.78 is 10.7. The molecule has 1 fully saturated rings. The first-order valence-corrected chi connectivity index (χ1v) is 13.6. The molecular formula is C31H35ClN2O5. The molecule has 2 unspecified atom stereocenters. The summed E-state index contributed by atoms with van der Waals surface area (Å²) >= 11 is 6.12. The minimum atomic E-state index is -0.782. The summed E-state index contributed by atoms with van der Waals surface area (Å²) in [6.07, 6.45) is 4.18. The number of carbonyl (C=O) groups is 1. The van der Waals surface area contributed by atoms with Crippen LogP contribution in [0.2, 0.25) is 5.02 Å². The van der Waals surface area contributed by atoms with E-state index in [1.54, 1.807) is 38.6 Å². The predicted molar refractivity (Wildman–Crippen MR) is 152 cm³/mol. The second kappa shape index (κ2) is 13.7. The summed E-state index contributed by atoms with van der Waals surface area (Å²) in [4.78, 5) is 18.1. The molecule has 39 heavy (non-hydrogen) atoms. The number of pyridine rings is 1. The number of nitrogens with zero attached hydrogens (tertiary/aromatic N) is 2. The highest BCUT2D eigenvalue weighted by Crippen LogP contribution is 2.35. The van der Waals surface area contributed by atoms with Gasteiger partial charge in [-0.3, -0.25) is 14.7 Å². The third-order valence-electron chi connectivity index (χ3n) is 7.54. The van der Waals surface area contributed by atoms with Gasteiger partial charge in [-0.05, 0) is 92.1 Å². The zero-order valence-electron chi connectivity index (χ0n) is 22.4. The standard InChI is InChI=1S/C31H35ClN2O5/c1-38-25-8-9-28-27(19-25)26(13-15-33-28)29(35)10-5-21-14-17-34(20-23(21)6-12-31(36)37)16-3-4-22-18-24(32)7-11-30(22)39-2/h7-9,11,13,15,18-19,21,23,29,35H,5-6,10,12,14,16-17,20H2,1-2H3,(H,36,37)/t21?,23?,29-/m0/s1. The molecule has 2 N–H and O–H groups in total. The normalized spacial score (nSPS) is 18.3. The Bertz CT molecular complexity index is 1350. The first kappa shape index (κ1) is 28.7. The molecule has 1 aliphatic heterocycles. The summed E-state index contributed by atoms with van der Waals surface area (Å²) in [7, 11) is 3.23. The smallest absolute Gasteiger partial charge is 0.303 e. The Hall–Kier alpha value is -3.31. The van der Waals surface area contributed by atoms with E-state index in [2.05, 4.69) is 21.7 Å². The van der Waals surface area contributed by atoms with Crippen molar-refractivity contribution >= 4 is 28.5 Å². The fourth-order valence-corrected chi connectivity index (χ4v) is 5.60. The van der Waals surface area contributed by atoms with Crippen LogP contribution >= 0.6 is 11.6 Å². The van der Waals surface area contributed by atoms with E-state index < -0.39 is 12.1 Å². The van der Waals surface area contributed by atoms with Crippen LogP contribution in [0.3, 0.4) is 0 Å². The molecule has 3 atom stereocenters. The van der Waals surface area contributed by atoms with E-state index in [-0.39, 0.29) is 12.3 Å². The Morgan fingerprint density at radius 1 is 1.15 bits per heavy atom. The van der Waals surface area contributed by atoms with Crippen molar-refractivity contribution in [3.8, 4) is 23.3 Å². The van der Waals surface area contributed by atoms with Crippen LogP contribution in [0.1, 0.15) is 49.3 Å². The Labute approximate surface area is 234 Å². The lowest BCUT2D eigenvalue weighted by molar-refractivity contribution is -0.137. The van der Waals surface area contributed by atoms with Crippen molar-refractivity contribution < 1.29 is 24.5 Å². The molecule has 2 heterocycles. The molecule has 0 spiro atoms. The minimum absolute atomic E-state index is 0.137. The van der Waals surface area contributed by atoms with E-state index >= 15 is 0 Å². The van der Waals surface area contributed by atoms with Crippen molar-refractivity contribution in [1.82, 2.24) is 9.88 Å². The predicted octanol–water partition coefficient (Wildman–Crippen LogP) is 5.57. The SMILES string of the molecule is COc1ccc2nccc([C@@H](O)CCC3CCN(CC#Cc4cc(Cl)ccc4OC)CC3CCC(=O)O)c2c1. The van der Waals surface area contributed by atoms with Crippen LogP contribution in [0.15, 0.2) is 48.7 Å². The molecule has 1 saturated heterocycles. The van der Waals surface area contributed by atoms with Crippen molar-refractivity contribution in [1.29, 1.82) is 0 Å². The highest BCUT2D eigenvalue weighted by molar-refractivity contribution is 6.30. The van der Waals surface area contributed by atoms with E-state index in [9.17, 15) is 15.0 Å². The third kappa shape index (κ3) is 7.63. The summed E-state index contributed by atoms with van der Waals surface area (Å²) in [5, 5.41) is 22.0. The quantitative estimate of drug-likeness (QED) is 0.319. The maximum absolute atomic E-state index is 11.4. The van der Waals surface area contributed by atoms with E-state index in [4.69, 9.17) is 21.1 Å². The van der Waals surface area contributed by atoms with Gasteiger partial charge in [0.1, 0.15) is 11.5 Å². The zero-order chi connectivity index (χ0) is 27.8. The molecule has 0 saturated carbocycles. The number of halogens is 1. The number of piperidine rings is 1. The second-order valence-electron chi connectivity index (χ2n) is 10.00. The van der Waals surface area contributed by atoms with Gasteiger partial charge >= 0.3 is 5.97 Å². The molecule has 0 aliphatic carbocycles. The Balaban J connectivity index is 1.41. The second-order valence-corrected chi connectivity index (χ2v) is 10.4. The molecule has 1 aliphatic rings. The van der Waals surface area contributed by atoms with Crippen LogP contribution < -0.4 is 9.47 Å². The molecule has 0 radical (unpaired) electrons. The van der Waals surface area contributed by atoms with Crippen molar-refractivity contribution in [3.05, 3.63) is 64.8 Å². The number of carboxylic acids is 1. The van der Waals surface area contributed by atoms with Crippen LogP contribution in [0.5, 0.6) is 11.5 Å². The number of aliphatic carboxylic acids is 1. The number of methoxy groups -OCH3 is 2. The van der Waals surface area contributed by atoms with Crippen LogP contribution in [0, 0.1) is 23.7 Å². The molecule has 0 bridgehead atoms. The van der Waals surface area contributed by atoms with Crippen molar-refractivity contribution in [2.75, 3.05) is 33.9 Å². The van der Waals surface area contributed by atoms with Gasteiger partial charge in [-0.1, -0.05) is 23.4 Å². The molecule has 3 aromatic rings. The zero-order valence-corrected chi connectivity index (χ0v) is 23.2. The first-order valence-electron chi connectivity index (χ1n) is 13.2. The minimum Gasteiger partial charge on any atom is -0.497 e. The van der Waals surface area contributed by atoms with Gasteiger partial charge in [-0.25, -0.2) is 0 Å². The number of aliphatic hydroxyl groups excluding tert-OH is 1. The third-order valence-corrected chi connectivity index (χ3v) is 7.78. The number of aliphatic hydroxyl groups is 1. The Kier molecular flexibility index (Phi) is 10.0. The van der Waals surface area contributed by atoms with Crippen molar-refractivity contribution in [2.45, 2.75) is 38.2 Å². The monoisotopic (exact) mass is 550 g/mol. The van der Waals surface area contributed by atoms with Gasteiger partial charge < -0.3 is 19.7 Å². The Morgan fingerprint density at radius 3 is 2.77 bits per heavy atom. The summed E-state index contributed by atoms with van der Waals surface area (Å²) in [6, 6.07) is 12.9. The molecule has 4 rings (SSSR count). The first-order chi connectivity index (χ1) is 18.9. The molecule has 206 valence electrons. The highest BCUT2D eigenvalue weighted by Gasteiger charge is 2.30. The number of hydrogen-bond donors (Lipinski definition) is 2. The number of fused-ring (bicyclic) bond motifs is 1. The molecule has 1 aromatic heterocycles. The average Bonchev–Trinajstić information content (AvgIpc) is 2.94. The Morgan fingerprint density at radius 2 is 2.00 bits per heavy atom. The van der Waals surface area contributed by atoms with E-state index in [1.807, 2.05) is 24.3 Å². The molecule has 8 heteroatoms. The van der Waals surface area contributed by atoms with Crippen molar-refractivity contribution in [2.24, 2.45) is 11.8 Å². The maximum atomic E-state index is 11.4. The number of likely N-dealkylation sites (tertiary alicyclic amines) is 1. The van der Waals surface area contributed by atoms with Crippen LogP contribution in [0.25, 0.3) is 10.9 Å². The number of hydrogen-bond acceptors (Lipinski definition) is 6. The largest absolute Gasteiger partial charge is 0.497 e. The van der Waals surface area contributed by atoms with Crippen LogP contribution in [-0.2, 0) is 4.79 Å². The van der Waals surface area contributed by atoms with Gasteiger partial charge in [0.2, 0.25) is 0 Å². The van der Waals surface area contributed by atoms with Gasteiger partial charge in [-0.15, -0.1) is 0 Å². The number of carboxylic acid groups (broad SMARTS) is 1. The highest BCUT2D eigenvalue weighted by atomic mass is 35.5. The number of benzene rings is 2. The maximum Gasteiger partial charge on any atom is 0.303 e. The van der Waals surface area contributed by atoms with E-state index in [0.29, 0.717) is 36.1 Å². The molecular weight excluding hydrogens is 516 g/mol. The lowest BCUT2D eigenvalue weighted by atomic mass is 9.79.